The number of nitriles is 1. The lowest BCUT2D eigenvalue weighted by molar-refractivity contribution is 1.13. The molecular formula is C18H18N2. The topological polar surface area (TPSA) is 35.8 Å². The Morgan fingerprint density at radius 1 is 1.05 bits per heavy atom. The molecule has 0 heterocycles. The Labute approximate surface area is 120 Å². The second-order valence-corrected chi connectivity index (χ2v) is 5.63. The van der Waals surface area contributed by atoms with Gasteiger partial charge in [0.25, 0.3) is 0 Å². The molecule has 2 aromatic carbocycles. The molecule has 1 saturated carbocycles. The highest BCUT2D eigenvalue weighted by Gasteiger charge is 2.24. The quantitative estimate of drug-likeness (QED) is 0.862. The van der Waals surface area contributed by atoms with Gasteiger partial charge >= 0.3 is 0 Å². The summed E-state index contributed by atoms with van der Waals surface area (Å²) in [6.07, 6.45) is 2.55. The average Bonchev–Trinajstić information content (AvgIpc) is 3.26. The van der Waals surface area contributed by atoms with Crippen molar-refractivity contribution in [1.82, 2.24) is 0 Å². The van der Waals surface area contributed by atoms with Gasteiger partial charge in [-0.2, -0.15) is 5.26 Å². The lowest BCUT2D eigenvalue weighted by Crippen LogP contribution is -1.97. The molecule has 2 heteroatoms. The Kier molecular flexibility index (Phi) is 3.20. The van der Waals surface area contributed by atoms with E-state index in [1.54, 1.807) is 0 Å². The fourth-order valence-corrected chi connectivity index (χ4v) is 2.53. The molecule has 0 spiro atoms. The molecule has 0 unspecified atom stereocenters. The van der Waals surface area contributed by atoms with Crippen LogP contribution in [0.5, 0.6) is 0 Å². The largest absolute Gasteiger partial charge is 0.354 e. The summed E-state index contributed by atoms with van der Waals surface area (Å²) in [4.78, 5) is 0. The van der Waals surface area contributed by atoms with E-state index < -0.39 is 0 Å². The van der Waals surface area contributed by atoms with Crippen molar-refractivity contribution >= 4 is 11.4 Å². The Hall–Kier alpha value is -2.27. The van der Waals surface area contributed by atoms with E-state index in [1.165, 1.54) is 29.5 Å². The zero-order chi connectivity index (χ0) is 14.1. The van der Waals surface area contributed by atoms with Crippen molar-refractivity contribution < 1.29 is 0 Å². The van der Waals surface area contributed by atoms with Crippen molar-refractivity contribution in [3.63, 3.8) is 0 Å². The van der Waals surface area contributed by atoms with Gasteiger partial charge in [-0.25, -0.2) is 0 Å². The summed E-state index contributed by atoms with van der Waals surface area (Å²) in [6.45, 7) is 4.18. The molecule has 1 aliphatic rings. The lowest BCUT2D eigenvalue weighted by atomic mass is 10.0. The van der Waals surface area contributed by atoms with Crippen LogP contribution in [0.3, 0.4) is 0 Å². The van der Waals surface area contributed by atoms with Crippen molar-refractivity contribution in [1.29, 1.82) is 5.26 Å². The van der Waals surface area contributed by atoms with Gasteiger partial charge in [-0.05, 0) is 61.9 Å². The molecule has 0 aliphatic heterocycles. The molecule has 0 bridgehead atoms. The van der Waals surface area contributed by atoms with Gasteiger partial charge < -0.3 is 5.32 Å². The van der Waals surface area contributed by atoms with Crippen molar-refractivity contribution in [3.05, 3.63) is 58.7 Å². The summed E-state index contributed by atoms with van der Waals surface area (Å²) in [5.74, 6) is 0.697. The van der Waals surface area contributed by atoms with Crippen molar-refractivity contribution in [2.45, 2.75) is 32.6 Å². The van der Waals surface area contributed by atoms with Gasteiger partial charge in [0.2, 0.25) is 0 Å². The summed E-state index contributed by atoms with van der Waals surface area (Å²) < 4.78 is 0. The second-order valence-electron chi connectivity index (χ2n) is 5.63. The minimum Gasteiger partial charge on any atom is -0.354 e. The van der Waals surface area contributed by atoms with Crippen LogP contribution in [-0.4, -0.2) is 0 Å². The fraction of sp³-hybridized carbons (Fsp3) is 0.278. The van der Waals surface area contributed by atoms with E-state index in [2.05, 4.69) is 55.6 Å². The smallest absolute Gasteiger partial charge is 0.101 e. The van der Waals surface area contributed by atoms with E-state index in [9.17, 15) is 5.26 Å². The Bertz CT molecular complexity index is 691. The molecule has 0 amide bonds. The van der Waals surface area contributed by atoms with E-state index in [1.807, 2.05) is 6.07 Å². The summed E-state index contributed by atoms with van der Waals surface area (Å²) in [5, 5.41) is 12.7. The molecule has 100 valence electrons. The summed E-state index contributed by atoms with van der Waals surface area (Å²) >= 11 is 0. The normalized spacial score (nSPS) is 13.8. The van der Waals surface area contributed by atoms with E-state index in [0.29, 0.717) is 11.5 Å². The average molecular weight is 262 g/mol. The van der Waals surface area contributed by atoms with Crippen LogP contribution in [0.1, 0.15) is 41.0 Å². The van der Waals surface area contributed by atoms with Gasteiger partial charge in [-0.3, -0.25) is 0 Å². The number of anilines is 2. The van der Waals surface area contributed by atoms with E-state index in [0.717, 1.165) is 11.4 Å². The molecule has 0 saturated heterocycles. The van der Waals surface area contributed by atoms with E-state index in [4.69, 9.17) is 0 Å². The van der Waals surface area contributed by atoms with Crippen LogP contribution in [0.2, 0.25) is 0 Å². The number of hydrogen-bond acceptors (Lipinski definition) is 2. The first-order valence-corrected chi connectivity index (χ1v) is 7.05. The maximum Gasteiger partial charge on any atom is 0.101 e. The molecule has 2 nitrogen and oxygen atoms in total. The fourth-order valence-electron chi connectivity index (χ4n) is 2.53. The van der Waals surface area contributed by atoms with Crippen LogP contribution in [-0.2, 0) is 0 Å². The number of hydrogen-bond donors (Lipinski definition) is 1. The zero-order valence-electron chi connectivity index (χ0n) is 11.9. The van der Waals surface area contributed by atoms with Gasteiger partial charge in [-0.1, -0.05) is 23.8 Å². The third kappa shape index (κ3) is 2.53. The number of benzene rings is 2. The number of aryl methyl sites for hydroxylation is 2. The van der Waals surface area contributed by atoms with Crippen LogP contribution in [0.25, 0.3) is 0 Å². The van der Waals surface area contributed by atoms with Crippen molar-refractivity contribution in [3.8, 4) is 6.07 Å². The maximum absolute atomic E-state index is 9.26. The SMILES string of the molecule is Cc1ccc(Nc2cc(C3CC3)ccc2C#N)c(C)c1. The molecule has 1 aliphatic carbocycles. The number of nitrogens with one attached hydrogen (secondary N) is 1. The molecule has 2 aromatic rings. The predicted molar refractivity (Wildman–Crippen MR) is 82.3 cm³/mol. The standard InChI is InChI=1S/C18H18N2/c1-12-3-8-17(13(2)9-12)20-18-10-15(14-4-5-14)6-7-16(18)11-19/h3,6-10,14,20H,4-5H2,1-2H3. The van der Waals surface area contributed by atoms with Crippen LogP contribution >= 0.6 is 0 Å². The van der Waals surface area contributed by atoms with Gasteiger partial charge in [-0.15, -0.1) is 0 Å². The first kappa shape index (κ1) is 12.7. The van der Waals surface area contributed by atoms with Gasteiger partial charge in [0.15, 0.2) is 0 Å². The Balaban J connectivity index is 1.96. The third-order valence-corrected chi connectivity index (χ3v) is 3.86. The van der Waals surface area contributed by atoms with Crippen LogP contribution in [0.15, 0.2) is 36.4 Å². The van der Waals surface area contributed by atoms with Gasteiger partial charge in [0.1, 0.15) is 6.07 Å². The van der Waals surface area contributed by atoms with E-state index in [-0.39, 0.29) is 0 Å². The molecule has 1 N–H and O–H groups in total. The van der Waals surface area contributed by atoms with Crippen molar-refractivity contribution in [2.75, 3.05) is 5.32 Å². The number of nitrogens with zero attached hydrogens (tertiary/aromatic N) is 1. The summed E-state index contributed by atoms with van der Waals surface area (Å²) in [6, 6.07) is 14.7. The minimum atomic E-state index is 0.697. The van der Waals surface area contributed by atoms with E-state index >= 15 is 0 Å². The molecule has 0 aromatic heterocycles. The van der Waals surface area contributed by atoms with Crippen LogP contribution in [0, 0.1) is 25.2 Å². The first-order valence-electron chi connectivity index (χ1n) is 7.05. The van der Waals surface area contributed by atoms with Crippen LogP contribution in [0.4, 0.5) is 11.4 Å². The number of rotatable bonds is 3. The molecular weight excluding hydrogens is 244 g/mol. The zero-order valence-corrected chi connectivity index (χ0v) is 11.9. The van der Waals surface area contributed by atoms with Crippen molar-refractivity contribution in [2.24, 2.45) is 0 Å². The monoisotopic (exact) mass is 262 g/mol. The maximum atomic E-state index is 9.26. The first-order chi connectivity index (χ1) is 9.67. The molecule has 0 atom stereocenters. The predicted octanol–water partition coefficient (Wildman–Crippen LogP) is 4.80. The van der Waals surface area contributed by atoms with Gasteiger partial charge in [0, 0.05) is 5.69 Å². The molecule has 0 radical (unpaired) electrons. The third-order valence-electron chi connectivity index (χ3n) is 3.86. The van der Waals surface area contributed by atoms with Gasteiger partial charge in [0.05, 0.1) is 11.3 Å². The summed E-state index contributed by atoms with van der Waals surface area (Å²) in [7, 11) is 0. The summed E-state index contributed by atoms with van der Waals surface area (Å²) in [5.41, 5.74) is 6.49. The molecule has 1 fully saturated rings. The Morgan fingerprint density at radius 3 is 2.50 bits per heavy atom. The second kappa shape index (κ2) is 5.02. The highest BCUT2D eigenvalue weighted by molar-refractivity contribution is 5.69. The molecule has 3 rings (SSSR count). The van der Waals surface area contributed by atoms with Crippen LogP contribution < -0.4 is 5.32 Å². The Morgan fingerprint density at radius 2 is 1.85 bits per heavy atom. The highest BCUT2D eigenvalue weighted by atomic mass is 14.9. The lowest BCUT2D eigenvalue weighted by Gasteiger charge is -2.13. The minimum absolute atomic E-state index is 0.697. The highest BCUT2D eigenvalue weighted by Crippen LogP contribution is 2.41. The molecule has 20 heavy (non-hydrogen) atoms.